The lowest BCUT2D eigenvalue weighted by Crippen LogP contribution is -2.33. The highest BCUT2D eigenvalue weighted by molar-refractivity contribution is 7.89. The number of benzene rings is 3. The van der Waals surface area contributed by atoms with Gasteiger partial charge in [0.25, 0.3) is 5.91 Å². The summed E-state index contributed by atoms with van der Waals surface area (Å²) in [6.45, 7) is 2.71. The Balaban J connectivity index is 0.00000441. The maximum atomic E-state index is 12.7. The average Bonchev–Trinajstić information content (AvgIpc) is 2.93. The first-order valence-corrected chi connectivity index (χ1v) is 15.5. The summed E-state index contributed by atoms with van der Waals surface area (Å²) in [4.78, 5) is 12.7. The van der Waals surface area contributed by atoms with Crippen LogP contribution in [0.4, 0.5) is 0 Å². The summed E-state index contributed by atoms with van der Waals surface area (Å²) < 4.78 is 31.6. The molecule has 0 bridgehead atoms. The molecule has 0 radical (unpaired) electrons. The Bertz CT molecular complexity index is 1340. The zero-order valence-corrected chi connectivity index (χ0v) is 24.6. The second-order valence-electron chi connectivity index (χ2n) is 10.3. The number of carbonyl (C=O) groups excluding carboxylic acids is 1. The highest BCUT2D eigenvalue weighted by Crippen LogP contribution is 2.31. The lowest BCUT2D eigenvalue weighted by molar-refractivity contribution is 0.0969. The average molecular weight is 587 g/mol. The monoisotopic (exact) mass is 586 g/mol. The van der Waals surface area contributed by atoms with Gasteiger partial charge in [0, 0.05) is 6.04 Å². The molecule has 0 heterocycles. The van der Waals surface area contributed by atoms with Gasteiger partial charge in [0.2, 0.25) is 10.0 Å². The van der Waals surface area contributed by atoms with Gasteiger partial charge in [-0.1, -0.05) is 67.1 Å². The van der Waals surface area contributed by atoms with E-state index in [1.807, 2.05) is 61.5 Å². The fourth-order valence-electron chi connectivity index (χ4n) is 4.93. The van der Waals surface area contributed by atoms with Crippen molar-refractivity contribution in [3.05, 3.63) is 89.5 Å². The topological polar surface area (TPSA) is 105 Å². The number of halogens is 1. The van der Waals surface area contributed by atoms with Crippen molar-refractivity contribution >= 4 is 28.3 Å². The third-order valence-corrected chi connectivity index (χ3v) is 7.69. The first kappa shape index (κ1) is 31.6. The lowest BCUT2D eigenvalue weighted by Gasteiger charge is -2.24. The Kier molecular flexibility index (Phi) is 11.6. The minimum absolute atomic E-state index is 0. The van der Waals surface area contributed by atoms with Gasteiger partial charge < -0.3 is 15.2 Å². The zero-order valence-electron chi connectivity index (χ0n) is 23.0. The van der Waals surface area contributed by atoms with E-state index in [2.05, 4.69) is 22.2 Å². The van der Waals surface area contributed by atoms with Gasteiger partial charge >= 0.3 is 0 Å². The van der Waals surface area contributed by atoms with Crippen molar-refractivity contribution in [2.24, 2.45) is 0 Å². The van der Waals surface area contributed by atoms with Crippen LogP contribution in [0.1, 0.15) is 66.6 Å². The van der Waals surface area contributed by atoms with Gasteiger partial charge in [0.1, 0.15) is 5.75 Å². The van der Waals surface area contributed by atoms with Gasteiger partial charge in [-0.25, -0.2) is 13.1 Å². The maximum absolute atomic E-state index is 12.7. The van der Waals surface area contributed by atoms with Crippen LogP contribution >= 0.6 is 12.4 Å². The number of hydrogen-bond donors (Lipinski definition) is 3. The number of nitrogens with one attached hydrogen (secondary N) is 2. The molecule has 1 amide bonds. The molecule has 4 rings (SSSR count). The van der Waals surface area contributed by atoms with Crippen molar-refractivity contribution in [1.82, 2.24) is 10.0 Å². The number of aliphatic hydroxyl groups excluding tert-OH is 1. The Morgan fingerprint density at radius 3 is 2.27 bits per heavy atom. The molecule has 3 aromatic carbocycles. The number of hydrogen-bond acceptors (Lipinski definition) is 6. The predicted octanol–water partition coefficient (Wildman–Crippen LogP) is 5.43. The number of rotatable bonds is 11. The van der Waals surface area contributed by atoms with Crippen molar-refractivity contribution < 1.29 is 23.1 Å². The molecule has 0 aliphatic heterocycles. The first-order chi connectivity index (χ1) is 18.7. The van der Waals surface area contributed by atoms with Gasteiger partial charge in [-0.2, -0.15) is 0 Å². The molecule has 0 saturated heterocycles. The molecule has 1 aliphatic carbocycles. The van der Waals surface area contributed by atoms with Crippen LogP contribution in [-0.4, -0.2) is 44.4 Å². The summed E-state index contributed by atoms with van der Waals surface area (Å²) >= 11 is 0. The fraction of sp³-hybridized carbons (Fsp3) is 0.387. The normalized spacial score (nSPS) is 15.5. The van der Waals surface area contributed by atoms with Crippen molar-refractivity contribution in [3.63, 3.8) is 0 Å². The van der Waals surface area contributed by atoms with Crippen LogP contribution in [0, 0.1) is 0 Å². The second-order valence-corrected chi connectivity index (χ2v) is 12.1. The molecule has 2 atom stereocenters. The molecule has 216 valence electrons. The smallest absolute Gasteiger partial charge is 0.268 e. The first-order valence-electron chi connectivity index (χ1n) is 13.6. The summed E-state index contributed by atoms with van der Waals surface area (Å²) in [5, 5.41) is 14.0. The molecule has 1 saturated carbocycles. The van der Waals surface area contributed by atoms with E-state index in [0.717, 1.165) is 67.2 Å². The van der Waals surface area contributed by atoms with E-state index in [4.69, 9.17) is 4.74 Å². The summed E-state index contributed by atoms with van der Waals surface area (Å²) in [5.74, 6) is -0.288. The Labute approximate surface area is 243 Å². The van der Waals surface area contributed by atoms with Gasteiger partial charge in [0.05, 0.1) is 24.0 Å². The molecule has 0 aromatic heterocycles. The standard InChI is InChI=1S/C31H38N2O5S.ClH/c1-22(30(34)25-9-5-3-6-10-25)32-20-19-23-13-15-24(16-14-23)26-17-18-28(31(35)33-39(2,36)37)29(21-26)38-27-11-7-4-8-12-27;/h3,5-6,9-10,13-18,21-22,27,30,32,34H,4,7-8,11-12,19-20H2,1-2H3,(H,33,35);1H/t22-,30+;/m0./s1. The molecule has 9 heteroatoms. The van der Waals surface area contributed by atoms with Crippen LogP contribution < -0.4 is 14.8 Å². The van der Waals surface area contributed by atoms with Crippen LogP contribution in [0.5, 0.6) is 5.75 Å². The number of aliphatic hydroxyl groups is 1. The van der Waals surface area contributed by atoms with Crippen molar-refractivity contribution in [2.45, 2.75) is 63.7 Å². The molecule has 3 N–H and O–H groups in total. The summed E-state index contributed by atoms with van der Waals surface area (Å²) in [6.07, 6.45) is 6.39. The number of amides is 1. The van der Waals surface area contributed by atoms with E-state index < -0.39 is 22.0 Å². The SMILES string of the molecule is C[C@H](NCCc1ccc(-c2ccc(C(=O)NS(C)(=O)=O)c(OC3CCCCC3)c2)cc1)[C@@H](O)c1ccccc1.Cl. The van der Waals surface area contributed by atoms with Crippen LogP contribution in [0.3, 0.4) is 0 Å². The molecular formula is C31H39ClN2O5S. The quantitative estimate of drug-likeness (QED) is 0.277. The van der Waals surface area contributed by atoms with Gasteiger partial charge in [-0.3, -0.25) is 4.79 Å². The van der Waals surface area contributed by atoms with E-state index >= 15 is 0 Å². The predicted molar refractivity (Wildman–Crippen MR) is 162 cm³/mol. The van der Waals surface area contributed by atoms with Crippen LogP contribution in [0.2, 0.25) is 0 Å². The van der Waals surface area contributed by atoms with E-state index in [1.54, 1.807) is 6.07 Å². The summed E-state index contributed by atoms with van der Waals surface area (Å²) in [6, 6.07) is 23.1. The Morgan fingerprint density at radius 1 is 0.975 bits per heavy atom. The third kappa shape index (κ3) is 9.06. The Morgan fingerprint density at radius 2 is 1.62 bits per heavy atom. The largest absolute Gasteiger partial charge is 0.490 e. The molecular weight excluding hydrogens is 548 g/mol. The molecule has 1 aliphatic rings. The molecule has 0 unspecified atom stereocenters. The van der Waals surface area contributed by atoms with E-state index in [-0.39, 0.29) is 30.1 Å². The minimum atomic E-state index is -3.69. The van der Waals surface area contributed by atoms with E-state index in [1.165, 1.54) is 6.42 Å². The molecule has 3 aromatic rings. The van der Waals surface area contributed by atoms with Crippen LogP contribution in [0.15, 0.2) is 72.8 Å². The number of sulfonamides is 1. The number of carbonyl (C=O) groups is 1. The van der Waals surface area contributed by atoms with Gasteiger partial charge in [0.15, 0.2) is 0 Å². The van der Waals surface area contributed by atoms with Crippen molar-refractivity contribution in [2.75, 3.05) is 12.8 Å². The molecule has 7 nitrogen and oxygen atoms in total. The van der Waals surface area contributed by atoms with E-state index in [9.17, 15) is 18.3 Å². The fourth-order valence-corrected chi connectivity index (χ4v) is 5.38. The lowest BCUT2D eigenvalue weighted by atomic mass is 9.97. The van der Waals surface area contributed by atoms with Gasteiger partial charge in [-0.05, 0) is 80.0 Å². The highest BCUT2D eigenvalue weighted by atomic mass is 35.5. The molecule has 40 heavy (non-hydrogen) atoms. The van der Waals surface area contributed by atoms with Crippen molar-refractivity contribution in [3.8, 4) is 16.9 Å². The third-order valence-electron chi connectivity index (χ3n) is 7.13. The Hall–Kier alpha value is -2.91. The maximum Gasteiger partial charge on any atom is 0.268 e. The molecule has 1 fully saturated rings. The highest BCUT2D eigenvalue weighted by Gasteiger charge is 2.22. The summed E-state index contributed by atoms with van der Waals surface area (Å²) in [5.41, 5.74) is 4.14. The van der Waals surface area contributed by atoms with E-state index in [0.29, 0.717) is 5.75 Å². The van der Waals surface area contributed by atoms with Crippen LogP contribution in [-0.2, 0) is 16.4 Å². The zero-order chi connectivity index (χ0) is 27.8. The van der Waals surface area contributed by atoms with Crippen LogP contribution in [0.25, 0.3) is 11.1 Å². The molecule has 0 spiro atoms. The minimum Gasteiger partial charge on any atom is -0.490 e. The van der Waals surface area contributed by atoms with Crippen molar-refractivity contribution in [1.29, 1.82) is 0 Å². The number of ether oxygens (including phenoxy) is 1. The summed E-state index contributed by atoms with van der Waals surface area (Å²) in [7, 11) is -3.69. The second kappa shape index (κ2) is 14.6. The van der Waals surface area contributed by atoms with Gasteiger partial charge in [-0.15, -0.1) is 12.4 Å².